The van der Waals surface area contributed by atoms with Crippen LogP contribution in [0, 0.1) is 15.9 Å². The highest BCUT2D eigenvalue weighted by Gasteiger charge is 2.17. The summed E-state index contributed by atoms with van der Waals surface area (Å²) in [5.74, 6) is -0.866. The Hall–Kier alpha value is -4.73. The van der Waals surface area contributed by atoms with Gasteiger partial charge in [-0.1, -0.05) is 6.07 Å². The van der Waals surface area contributed by atoms with Crippen LogP contribution in [0.2, 0.25) is 0 Å². The molecule has 35 heavy (non-hydrogen) atoms. The zero-order valence-corrected chi connectivity index (χ0v) is 18.6. The molecule has 0 aliphatic heterocycles. The fourth-order valence-electron chi connectivity index (χ4n) is 3.74. The summed E-state index contributed by atoms with van der Waals surface area (Å²) >= 11 is 0. The summed E-state index contributed by atoms with van der Waals surface area (Å²) in [7, 11) is 1.57. The van der Waals surface area contributed by atoms with Gasteiger partial charge < -0.3 is 9.72 Å². The molecule has 4 rings (SSSR count). The number of carbonyl (C=O) groups excluding carboxylic acids is 2. The van der Waals surface area contributed by atoms with Gasteiger partial charge in [-0.05, 0) is 66.1 Å². The standard InChI is InChI=1S/C25H21FN4O5/c1-35-19-8-5-15(6-9-19)24-20(21-14-17(26)7-11-22(21)27-24)10-12-23(31)28-29-25(32)16-3-2-4-18(13-16)30(33)34/h2-9,11,13-14,27H,10,12H2,1H3,(H,28,31)(H,29,32). The van der Waals surface area contributed by atoms with Crippen molar-refractivity contribution in [1.29, 1.82) is 0 Å². The van der Waals surface area contributed by atoms with Crippen LogP contribution in [0.3, 0.4) is 0 Å². The van der Waals surface area contributed by atoms with Crippen molar-refractivity contribution in [2.75, 3.05) is 7.11 Å². The van der Waals surface area contributed by atoms with Crippen molar-refractivity contribution in [1.82, 2.24) is 15.8 Å². The maximum Gasteiger partial charge on any atom is 0.270 e. The Morgan fingerprint density at radius 1 is 1.06 bits per heavy atom. The predicted octanol–water partition coefficient (Wildman–Crippen LogP) is 4.28. The number of amides is 2. The van der Waals surface area contributed by atoms with E-state index in [1.807, 2.05) is 12.1 Å². The summed E-state index contributed by atoms with van der Waals surface area (Å²) in [5, 5.41) is 11.5. The molecule has 9 nitrogen and oxygen atoms in total. The lowest BCUT2D eigenvalue weighted by atomic mass is 10.0. The van der Waals surface area contributed by atoms with E-state index in [0.717, 1.165) is 28.4 Å². The number of non-ortho nitro benzene ring substituents is 1. The number of aryl methyl sites for hydroxylation is 1. The number of halogens is 1. The summed E-state index contributed by atoms with van der Waals surface area (Å²) in [6.07, 6.45) is 0.269. The Morgan fingerprint density at radius 2 is 1.83 bits per heavy atom. The maximum absolute atomic E-state index is 14.0. The highest BCUT2D eigenvalue weighted by molar-refractivity contribution is 5.96. The van der Waals surface area contributed by atoms with Gasteiger partial charge in [0.15, 0.2) is 0 Å². The molecule has 0 radical (unpaired) electrons. The number of H-pyrrole nitrogens is 1. The molecule has 10 heteroatoms. The number of nitrogens with zero attached hydrogens (tertiary/aromatic N) is 1. The number of nitro groups is 1. The summed E-state index contributed by atoms with van der Waals surface area (Å²) in [6, 6.07) is 16.9. The summed E-state index contributed by atoms with van der Waals surface area (Å²) in [6.45, 7) is 0. The zero-order valence-electron chi connectivity index (χ0n) is 18.6. The number of methoxy groups -OCH3 is 1. The lowest BCUT2D eigenvalue weighted by Gasteiger charge is -2.09. The number of hydrogen-bond donors (Lipinski definition) is 3. The maximum atomic E-state index is 14.0. The minimum atomic E-state index is -0.685. The number of aromatic nitrogens is 1. The van der Waals surface area contributed by atoms with Gasteiger partial charge in [0.2, 0.25) is 5.91 Å². The van der Waals surface area contributed by atoms with E-state index in [2.05, 4.69) is 15.8 Å². The molecule has 1 heterocycles. The van der Waals surface area contributed by atoms with Crippen molar-refractivity contribution in [3.05, 3.63) is 93.8 Å². The quantitative estimate of drug-likeness (QED) is 0.271. The first-order valence-electron chi connectivity index (χ1n) is 10.6. The van der Waals surface area contributed by atoms with E-state index in [0.29, 0.717) is 11.1 Å². The van der Waals surface area contributed by atoms with Crippen molar-refractivity contribution in [2.45, 2.75) is 12.8 Å². The topological polar surface area (TPSA) is 126 Å². The molecule has 0 aliphatic carbocycles. The molecule has 0 saturated carbocycles. The first-order valence-corrected chi connectivity index (χ1v) is 10.6. The van der Waals surface area contributed by atoms with Crippen LogP contribution in [-0.2, 0) is 11.2 Å². The van der Waals surface area contributed by atoms with Crippen LogP contribution in [-0.4, -0.2) is 28.8 Å². The first-order chi connectivity index (χ1) is 16.9. The van der Waals surface area contributed by atoms with Crippen LogP contribution in [0.15, 0.2) is 66.7 Å². The molecule has 3 aromatic carbocycles. The number of ether oxygens (including phenoxy) is 1. The van der Waals surface area contributed by atoms with E-state index in [9.17, 15) is 24.1 Å². The fraction of sp³-hybridized carbons (Fsp3) is 0.120. The molecule has 0 unspecified atom stereocenters. The van der Waals surface area contributed by atoms with Crippen molar-refractivity contribution in [2.24, 2.45) is 0 Å². The van der Waals surface area contributed by atoms with Crippen molar-refractivity contribution in [3.8, 4) is 17.0 Å². The van der Waals surface area contributed by atoms with E-state index < -0.39 is 22.6 Å². The van der Waals surface area contributed by atoms with Crippen LogP contribution >= 0.6 is 0 Å². The van der Waals surface area contributed by atoms with Crippen LogP contribution in [0.5, 0.6) is 5.75 Å². The lowest BCUT2D eigenvalue weighted by Crippen LogP contribution is -2.41. The second-order valence-corrected chi connectivity index (χ2v) is 7.71. The molecule has 4 aromatic rings. The minimum Gasteiger partial charge on any atom is -0.497 e. The number of carbonyl (C=O) groups is 2. The van der Waals surface area contributed by atoms with Gasteiger partial charge in [0.1, 0.15) is 11.6 Å². The SMILES string of the molecule is COc1ccc(-c2[nH]c3ccc(F)cc3c2CCC(=O)NNC(=O)c2cccc([N+](=O)[O-])c2)cc1. The molecule has 2 amide bonds. The molecule has 1 aromatic heterocycles. The average Bonchev–Trinajstić information content (AvgIpc) is 3.23. The van der Waals surface area contributed by atoms with Gasteiger partial charge in [0.05, 0.1) is 12.0 Å². The van der Waals surface area contributed by atoms with Crippen LogP contribution in [0.25, 0.3) is 22.2 Å². The summed E-state index contributed by atoms with van der Waals surface area (Å²) in [4.78, 5) is 38.3. The second-order valence-electron chi connectivity index (χ2n) is 7.71. The zero-order chi connectivity index (χ0) is 24.9. The molecule has 0 aliphatic rings. The van der Waals surface area contributed by atoms with E-state index in [1.165, 1.54) is 30.3 Å². The molecule has 3 N–H and O–H groups in total. The average molecular weight is 476 g/mol. The fourth-order valence-corrected chi connectivity index (χ4v) is 3.74. The summed E-state index contributed by atoms with van der Waals surface area (Å²) in [5.41, 5.74) is 7.45. The largest absolute Gasteiger partial charge is 0.497 e. The highest BCUT2D eigenvalue weighted by Crippen LogP contribution is 2.32. The summed E-state index contributed by atoms with van der Waals surface area (Å²) < 4.78 is 19.2. The molecule has 178 valence electrons. The second kappa shape index (κ2) is 10.0. The van der Waals surface area contributed by atoms with E-state index in [4.69, 9.17) is 4.74 Å². The number of hydrogen-bond acceptors (Lipinski definition) is 5. The van der Waals surface area contributed by atoms with Gasteiger partial charge in [-0.2, -0.15) is 0 Å². The van der Waals surface area contributed by atoms with E-state index in [1.54, 1.807) is 25.3 Å². The third-order valence-corrected chi connectivity index (χ3v) is 5.48. The Bertz CT molecular complexity index is 1420. The first kappa shape index (κ1) is 23.4. The number of fused-ring (bicyclic) bond motifs is 1. The Balaban J connectivity index is 1.48. The van der Waals surface area contributed by atoms with Crippen LogP contribution < -0.4 is 15.6 Å². The predicted molar refractivity (Wildman–Crippen MR) is 127 cm³/mol. The smallest absolute Gasteiger partial charge is 0.270 e. The monoisotopic (exact) mass is 476 g/mol. The van der Waals surface area contributed by atoms with E-state index >= 15 is 0 Å². The van der Waals surface area contributed by atoms with Gasteiger partial charge in [0, 0.05) is 40.7 Å². The number of benzene rings is 3. The molecule has 0 atom stereocenters. The Labute approximate surface area is 199 Å². The number of aromatic amines is 1. The highest BCUT2D eigenvalue weighted by atomic mass is 19.1. The molecule has 0 spiro atoms. The van der Waals surface area contributed by atoms with Crippen LogP contribution in [0.4, 0.5) is 10.1 Å². The Kier molecular flexibility index (Phi) is 6.72. The molecular formula is C25H21FN4O5. The Morgan fingerprint density at radius 3 is 2.54 bits per heavy atom. The minimum absolute atomic E-state index is 0.00182. The van der Waals surface area contributed by atoms with Gasteiger partial charge in [-0.3, -0.25) is 30.6 Å². The van der Waals surface area contributed by atoms with Crippen molar-refractivity contribution >= 4 is 28.4 Å². The normalized spacial score (nSPS) is 10.7. The number of nitro benzene ring substituents is 1. The van der Waals surface area contributed by atoms with Gasteiger partial charge in [0.25, 0.3) is 11.6 Å². The van der Waals surface area contributed by atoms with E-state index in [-0.39, 0.29) is 24.1 Å². The number of nitrogens with one attached hydrogen (secondary N) is 3. The third kappa shape index (κ3) is 5.27. The molecular weight excluding hydrogens is 455 g/mol. The molecule has 0 bridgehead atoms. The number of rotatable bonds is 7. The van der Waals surface area contributed by atoms with Gasteiger partial charge >= 0.3 is 0 Å². The molecule has 0 saturated heterocycles. The number of hydrazine groups is 1. The lowest BCUT2D eigenvalue weighted by molar-refractivity contribution is -0.384. The van der Waals surface area contributed by atoms with Crippen molar-refractivity contribution < 1.29 is 23.6 Å². The van der Waals surface area contributed by atoms with Gasteiger partial charge in [-0.25, -0.2) is 4.39 Å². The van der Waals surface area contributed by atoms with Gasteiger partial charge in [-0.15, -0.1) is 0 Å². The third-order valence-electron chi connectivity index (χ3n) is 5.48. The van der Waals surface area contributed by atoms with Crippen LogP contribution in [0.1, 0.15) is 22.3 Å². The van der Waals surface area contributed by atoms with Crippen molar-refractivity contribution in [3.63, 3.8) is 0 Å². The molecule has 0 fully saturated rings.